The number of nitrogen functional groups attached to an aromatic ring is 1. The topological polar surface area (TPSA) is 61.5 Å². The molecule has 4 nitrogen and oxygen atoms in total. The van der Waals surface area contributed by atoms with Crippen molar-refractivity contribution < 1.29 is 14.3 Å². The second-order valence-corrected chi connectivity index (χ2v) is 4.68. The van der Waals surface area contributed by atoms with Gasteiger partial charge in [0.25, 0.3) is 0 Å². The third-order valence-electron chi connectivity index (χ3n) is 2.13. The van der Waals surface area contributed by atoms with Crippen molar-refractivity contribution in [3.05, 3.63) is 23.8 Å². The van der Waals surface area contributed by atoms with Crippen LogP contribution < -0.4 is 10.5 Å². The summed E-state index contributed by atoms with van der Waals surface area (Å²) in [5.74, 6) is 2.04. The zero-order valence-electron chi connectivity index (χ0n) is 10.1. The molecule has 5 heteroatoms. The lowest BCUT2D eigenvalue weighted by Crippen LogP contribution is -2.08. The van der Waals surface area contributed by atoms with Crippen LogP contribution in [0, 0.1) is 0 Å². The number of rotatable bonds is 6. The number of benzene rings is 1. The lowest BCUT2D eigenvalue weighted by molar-refractivity contribution is 0.0530. The van der Waals surface area contributed by atoms with Gasteiger partial charge in [-0.3, -0.25) is 0 Å². The Morgan fingerprint density at radius 3 is 2.82 bits per heavy atom. The lowest BCUT2D eigenvalue weighted by Gasteiger charge is -2.07. The van der Waals surface area contributed by atoms with Gasteiger partial charge >= 0.3 is 5.97 Å². The lowest BCUT2D eigenvalue weighted by atomic mass is 10.2. The van der Waals surface area contributed by atoms with E-state index in [1.54, 1.807) is 30.0 Å². The zero-order chi connectivity index (χ0) is 12.7. The van der Waals surface area contributed by atoms with Crippen LogP contribution in [0.4, 0.5) is 5.69 Å². The van der Waals surface area contributed by atoms with Crippen molar-refractivity contribution in [2.45, 2.75) is 6.92 Å². The minimum Gasteiger partial charge on any atom is -0.495 e. The first-order chi connectivity index (χ1) is 8.19. The van der Waals surface area contributed by atoms with E-state index in [1.165, 1.54) is 7.11 Å². The molecule has 0 bridgehead atoms. The Morgan fingerprint density at radius 1 is 1.47 bits per heavy atom. The highest BCUT2D eigenvalue weighted by Gasteiger charge is 2.09. The van der Waals surface area contributed by atoms with E-state index in [2.05, 4.69) is 6.92 Å². The predicted octanol–water partition coefficient (Wildman–Crippen LogP) is 2.19. The summed E-state index contributed by atoms with van der Waals surface area (Å²) in [6.07, 6.45) is 0. The molecule has 0 unspecified atom stereocenters. The minimum absolute atomic E-state index is 0.351. The Morgan fingerprint density at radius 2 is 2.24 bits per heavy atom. The quantitative estimate of drug-likeness (QED) is 0.479. The van der Waals surface area contributed by atoms with Gasteiger partial charge in [-0.15, -0.1) is 0 Å². The van der Waals surface area contributed by atoms with Crippen LogP contribution in [0.1, 0.15) is 17.3 Å². The van der Waals surface area contributed by atoms with Crippen molar-refractivity contribution in [1.82, 2.24) is 0 Å². The van der Waals surface area contributed by atoms with E-state index in [0.717, 1.165) is 11.5 Å². The predicted molar refractivity (Wildman–Crippen MR) is 70.7 cm³/mol. The molecular formula is C12H17NO3S. The number of anilines is 1. The Hall–Kier alpha value is -1.36. The van der Waals surface area contributed by atoms with E-state index < -0.39 is 0 Å². The van der Waals surface area contributed by atoms with Crippen molar-refractivity contribution in [2.24, 2.45) is 0 Å². The molecular weight excluding hydrogens is 238 g/mol. The monoisotopic (exact) mass is 255 g/mol. The van der Waals surface area contributed by atoms with Gasteiger partial charge in [-0.25, -0.2) is 4.79 Å². The van der Waals surface area contributed by atoms with Crippen molar-refractivity contribution in [3.63, 3.8) is 0 Å². The summed E-state index contributed by atoms with van der Waals surface area (Å²) in [7, 11) is 1.53. The van der Waals surface area contributed by atoms with Crippen molar-refractivity contribution >= 4 is 23.4 Å². The maximum absolute atomic E-state index is 11.6. The highest BCUT2D eigenvalue weighted by Crippen LogP contribution is 2.22. The molecule has 0 heterocycles. The van der Waals surface area contributed by atoms with Gasteiger partial charge in [0.05, 0.1) is 18.4 Å². The van der Waals surface area contributed by atoms with Gasteiger partial charge in [0.15, 0.2) is 0 Å². The molecule has 0 aromatic heterocycles. The molecule has 1 aromatic rings. The smallest absolute Gasteiger partial charge is 0.338 e. The maximum atomic E-state index is 11.6. The minimum atomic E-state index is -0.351. The van der Waals surface area contributed by atoms with Crippen LogP contribution in [0.3, 0.4) is 0 Å². The van der Waals surface area contributed by atoms with Crippen molar-refractivity contribution in [1.29, 1.82) is 0 Å². The fraction of sp³-hybridized carbons (Fsp3) is 0.417. The van der Waals surface area contributed by atoms with E-state index in [-0.39, 0.29) is 5.97 Å². The van der Waals surface area contributed by atoms with Gasteiger partial charge < -0.3 is 15.2 Å². The second kappa shape index (κ2) is 7.06. The van der Waals surface area contributed by atoms with Gasteiger partial charge in [-0.1, -0.05) is 6.92 Å². The van der Waals surface area contributed by atoms with Crippen LogP contribution >= 0.6 is 11.8 Å². The van der Waals surface area contributed by atoms with Crippen LogP contribution in [-0.2, 0) is 4.74 Å². The van der Waals surface area contributed by atoms with Crippen LogP contribution in [0.5, 0.6) is 5.75 Å². The number of thioether (sulfide) groups is 1. The number of methoxy groups -OCH3 is 1. The first-order valence-electron chi connectivity index (χ1n) is 5.37. The normalized spacial score (nSPS) is 10.0. The molecule has 0 aliphatic rings. The average Bonchev–Trinajstić information content (AvgIpc) is 2.34. The molecule has 0 aliphatic heterocycles. The molecule has 1 rings (SSSR count). The summed E-state index contributed by atoms with van der Waals surface area (Å²) < 4.78 is 10.1. The van der Waals surface area contributed by atoms with E-state index in [1.807, 2.05) is 0 Å². The Balaban J connectivity index is 2.54. The molecule has 0 atom stereocenters. The van der Waals surface area contributed by atoms with Crippen LogP contribution in [0.15, 0.2) is 18.2 Å². The first-order valence-corrected chi connectivity index (χ1v) is 6.53. The fourth-order valence-electron chi connectivity index (χ4n) is 1.28. The van der Waals surface area contributed by atoms with Crippen molar-refractivity contribution in [3.8, 4) is 5.75 Å². The molecule has 17 heavy (non-hydrogen) atoms. The molecule has 0 saturated heterocycles. The first kappa shape index (κ1) is 13.7. The highest BCUT2D eigenvalue weighted by molar-refractivity contribution is 7.99. The number of ether oxygens (including phenoxy) is 2. The molecule has 0 saturated carbocycles. The third kappa shape index (κ3) is 4.19. The summed E-state index contributed by atoms with van der Waals surface area (Å²) in [5, 5.41) is 0. The molecule has 94 valence electrons. The second-order valence-electron chi connectivity index (χ2n) is 3.29. The number of hydrogen-bond acceptors (Lipinski definition) is 5. The van der Waals surface area contributed by atoms with Crippen LogP contribution in [0.25, 0.3) is 0 Å². The van der Waals surface area contributed by atoms with Gasteiger partial charge in [0, 0.05) is 5.75 Å². The van der Waals surface area contributed by atoms with Crippen LogP contribution in [0.2, 0.25) is 0 Å². The summed E-state index contributed by atoms with van der Waals surface area (Å²) in [5.41, 5.74) is 6.59. The highest BCUT2D eigenvalue weighted by atomic mass is 32.2. The van der Waals surface area contributed by atoms with E-state index in [4.69, 9.17) is 15.2 Å². The maximum Gasteiger partial charge on any atom is 0.338 e. The van der Waals surface area contributed by atoms with Gasteiger partial charge in [-0.2, -0.15) is 11.8 Å². The number of nitrogens with two attached hydrogens (primary N) is 1. The Bertz CT molecular complexity index is 382. The molecule has 1 aromatic carbocycles. The van der Waals surface area contributed by atoms with Gasteiger partial charge in [-0.05, 0) is 24.0 Å². The van der Waals surface area contributed by atoms with Gasteiger partial charge in [0.2, 0.25) is 0 Å². The average molecular weight is 255 g/mol. The third-order valence-corrected chi connectivity index (χ3v) is 2.99. The summed E-state index contributed by atoms with van der Waals surface area (Å²) in [6.45, 7) is 2.49. The summed E-state index contributed by atoms with van der Waals surface area (Å²) >= 11 is 1.73. The Labute approximate surface area is 105 Å². The molecule has 0 aliphatic carbocycles. The van der Waals surface area contributed by atoms with Crippen LogP contribution in [-0.4, -0.2) is 31.2 Å². The fourth-order valence-corrected chi connectivity index (χ4v) is 1.77. The number of hydrogen-bond donors (Lipinski definition) is 1. The molecule has 2 N–H and O–H groups in total. The molecule has 0 amide bonds. The van der Waals surface area contributed by atoms with E-state index in [9.17, 15) is 4.79 Å². The number of esters is 1. The van der Waals surface area contributed by atoms with Gasteiger partial charge in [0.1, 0.15) is 12.4 Å². The SMILES string of the molecule is CCSCCOC(=O)c1ccc(OC)c(N)c1. The number of carbonyl (C=O) groups is 1. The summed E-state index contributed by atoms with van der Waals surface area (Å²) in [6, 6.07) is 4.87. The Kier molecular flexibility index (Phi) is 5.69. The van der Waals surface area contributed by atoms with E-state index >= 15 is 0 Å². The largest absolute Gasteiger partial charge is 0.495 e. The molecule has 0 spiro atoms. The summed E-state index contributed by atoms with van der Waals surface area (Å²) in [4.78, 5) is 11.6. The van der Waals surface area contributed by atoms with Crippen molar-refractivity contribution in [2.75, 3.05) is 31.0 Å². The molecule has 0 fully saturated rings. The van der Waals surface area contributed by atoms with E-state index in [0.29, 0.717) is 23.6 Å². The molecule has 0 radical (unpaired) electrons. The zero-order valence-corrected chi connectivity index (χ0v) is 10.9. The number of carbonyl (C=O) groups excluding carboxylic acids is 1. The standard InChI is InChI=1S/C12H17NO3S/c1-3-17-7-6-16-12(14)9-4-5-11(15-2)10(13)8-9/h4-5,8H,3,6-7,13H2,1-2H3.